The van der Waals surface area contributed by atoms with Gasteiger partial charge in [-0.2, -0.15) is 5.10 Å². The van der Waals surface area contributed by atoms with E-state index in [1.165, 1.54) is 5.56 Å². The van der Waals surface area contributed by atoms with Crippen LogP contribution in [0.2, 0.25) is 0 Å². The Morgan fingerprint density at radius 3 is 2.88 bits per heavy atom. The second-order valence-corrected chi connectivity index (χ2v) is 9.01. The van der Waals surface area contributed by atoms with Crippen LogP contribution in [0.5, 0.6) is 0 Å². The van der Waals surface area contributed by atoms with E-state index in [0.717, 1.165) is 29.0 Å². The Balaban J connectivity index is 1.41. The molecule has 0 unspecified atom stereocenters. The van der Waals surface area contributed by atoms with Gasteiger partial charge in [-0.05, 0) is 23.6 Å². The number of aromatic amines is 1. The lowest BCUT2D eigenvalue weighted by Gasteiger charge is -2.33. The fraction of sp³-hybridized carbons (Fsp3) is 0.455. The highest BCUT2D eigenvalue weighted by atomic mass is 19.3. The maximum atomic E-state index is 13.3. The van der Waals surface area contributed by atoms with Crippen LogP contribution in [0.4, 0.5) is 14.8 Å². The Labute approximate surface area is 182 Å². The second-order valence-electron chi connectivity index (χ2n) is 9.01. The molecule has 1 aliphatic carbocycles. The van der Waals surface area contributed by atoms with Gasteiger partial charge in [0, 0.05) is 43.6 Å². The van der Waals surface area contributed by atoms with Crippen molar-refractivity contribution < 1.29 is 13.2 Å². The summed E-state index contributed by atoms with van der Waals surface area (Å²) in [5, 5.41) is 13.2. The van der Waals surface area contributed by atoms with Crippen LogP contribution >= 0.6 is 0 Å². The largest absolute Gasteiger partial charge is 0.408 e. The maximum Gasteiger partial charge on any atom is 0.319 e. The van der Waals surface area contributed by atoms with Crippen LogP contribution in [0.25, 0.3) is 5.52 Å². The van der Waals surface area contributed by atoms with Gasteiger partial charge in [0.25, 0.3) is 0 Å². The van der Waals surface area contributed by atoms with E-state index in [1.807, 2.05) is 21.7 Å². The predicted molar refractivity (Wildman–Crippen MR) is 112 cm³/mol. The van der Waals surface area contributed by atoms with E-state index in [-0.39, 0.29) is 30.7 Å². The van der Waals surface area contributed by atoms with Gasteiger partial charge >= 0.3 is 6.01 Å². The fourth-order valence-electron chi connectivity index (χ4n) is 4.80. The highest BCUT2D eigenvalue weighted by Crippen LogP contribution is 2.48. The van der Waals surface area contributed by atoms with E-state index >= 15 is 0 Å². The number of alkyl halides is 2. The molecule has 0 saturated heterocycles. The van der Waals surface area contributed by atoms with Crippen LogP contribution in [-0.4, -0.2) is 42.2 Å². The minimum absolute atomic E-state index is 0.244. The van der Waals surface area contributed by atoms with Gasteiger partial charge in [0.2, 0.25) is 11.8 Å². The molecule has 1 saturated carbocycles. The normalized spacial score (nSPS) is 20.7. The minimum atomic E-state index is -2.64. The average Bonchev–Trinajstić information content (AvgIpc) is 3.49. The lowest BCUT2D eigenvalue weighted by Crippen LogP contribution is -2.37. The molecule has 1 atom stereocenters. The quantitative estimate of drug-likeness (QED) is 0.512. The first-order chi connectivity index (χ1) is 15.4. The molecule has 0 spiro atoms. The van der Waals surface area contributed by atoms with E-state index in [2.05, 4.69) is 46.1 Å². The van der Waals surface area contributed by atoms with Gasteiger partial charge in [0.05, 0.1) is 23.2 Å². The SMILES string of the molecule is CC(C)c1cccn2nc([C@@H]3c4nc[nH]c4CCN3c3nnc(C4CC(F)(F)C4)o3)cc12. The van der Waals surface area contributed by atoms with Gasteiger partial charge < -0.3 is 14.3 Å². The van der Waals surface area contributed by atoms with Crippen LogP contribution in [0.15, 0.2) is 35.1 Å². The Kier molecular flexibility index (Phi) is 4.15. The van der Waals surface area contributed by atoms with E-state index in [9.17, 15) is 8.78 Å². The summed E-state index contributed by atoms with van der Waals surface area (Å²) in [6.07, 6.45) is 3.87. The molecule has 0 bridgehead atoms. The fourth-order valence-corrected chi connectivity index (χ4v) is 4.80. The number of anilines is 1. The lowest BCUT2D eigenvalue weighted by molar-refractivity contribution is -0.0917. The van der Waals surface area contributed by atoms with Crippen LogP contribution in [0.1, 0.15) is 73.1 Å². The van der Waals surface area contributed by atoms with Crippen molar-refractivity contribution in [3.05, 3.63) is 59.3 Å². The van der Waals surface area contributed by atoms with E-state index in [4.69, 9.17) is 9.52 Å². The third kappa shape index (κ3) is 3.00. The number of fused-ring (bicyclic) bond motifs is 2. The summed E-state index contributed by atoms with van der Waals surface area (Å²) < 4.78 is 34.4. The first kappa shape index (κ1) is 19.4. The van der Waals surface area contributed by atoms with Gasteiger partial charge in [0.15, 0.2) is 0 Å². The Morgan fingerprint density at radius 2 is 2.09 bits per heavy atom. The van der Waals surface area contributed by atoms with Gasteiger partial charge in [-0.1, -0.05) is 25.0 Å². The van der Waals surface area contributed by atoms with Crippen molar-refractivity contribution in [2.75, 3.05) is 11.4 Å². The zero-order chi connectivity index (χ0) is 22.0. The van der Waals surface area contributed by atoms with Gasteiger partial charge in [-0.25, -0.2) is 18.3 Å². The van der Waals surface area contributed by atoms with E-state index in [0.29, 0.717) is 18.5 Å². The summed E-state index contributed by atoms with van der Waals surface area (Å²) in [7, 11) is 0. The van der Waals surface area contributed by atoms with Crippen LogP contribution < -0.4 is 4.90 Å². The summed E-state index contributed by atoms with van der Waals surface area (Å²) in [4.78, 5) is 9.77. The van der Waals surface area contributed by atoms with Crippen LogP contribution in [0, 0.1) is 0 Å². The molecule has 0 aromatic carbocycles. The number of pyridine rings is 1. The number of H-pyrrole nitrogens is 1. The molecule has 166 valence electrons. The van der Waals surface area contributed by atoms with Crippen molar-refractivity contribution >= 4 is 11.5 Å². The third-order valence-electron chi connectivity index (χ3n) is 6.50. The number of hydrogen-bond donors (Lipinski definition) is 1. The number of hydrogen-bond acceptors (Lipinski definition) is 6. The maximum absolute atomic E-state index is 13.3. The Bertz CT molecular complexity index is 1280. The molecule has 1 fully saturated rings. The minimum Gasteiger partial charge on any atom is -0.408 e. The molecule has 0 radical (unpaired) electrons. The van der Waals surface area contributed by atoms with Crippen molar-refractivity contribution in [3.63, 3.8) is 0 Å². The molecule has 8 nitrogen and oxygen atoms in total. The third-order valence-corrected chi connectivity index (χ3v) is 6.50. The molecule has 1 aliphatic heterocycles. The van der Waals surface area contributed by atoms with Gasteiger partial charge in [-0.15, -0.1) is 5.10 Å². The zero-order valence-electron chi connectivity index (χ0n) is 17.8. The van der Waals surface area contributed by atoms with Crippen molar-refractivity contribution in [2.24, 2.45) is 0 Å². The number of nitrogens with zero attached hydrogens (tertiary/aromatic N) is 6. The summed E-state index contributed by atoms with van der Waals surface area (Å²) in [5.41, 5.74) is 4.98. The smallest absolute Gasteiger partial charge is 0.319 e. The number of rotatable bonds is 4. The average molecular weight is 439 g/mol. The summed E-state index contributed by atoms with van der Waals surface area (Å²) in [5.74, 6) is -2.40. The molecular weight excluding hydrogens is 416 g/mol. The topological polar surface area (TPSA) is 88.1 Å². The summed E-state index contributed by atoms with van der Waals surface area (Å²) >= 11 is 0. The van der Waals surface area contributed by atoms with Crippen LogP contribution in [-0.2, 0) is 6.42 Å². The highest BCUT2D eigenvalue weighted by Gasteiger charge is 2.48. The molecule has 2 aliphatic rings. The molecule has 4 aromatic heterocycles. The van der Waals surface area contributed by atoms with Crippen molar-refractivity contribution in [1.29, 1.82) is 0 Å². The summed E-state index contributed by atoms with van der Waals surface area (Å²) in [6, 6.07) is 6.19. The molecule has 6 rings (SSSR count). The van der Waals surface area contributed by atoms with Crippen molar-refractivity contribution in [2.45, 2.75) is 56.9 Å². The molecule has 32 heavy (non-hydrogen) atoms. The zero-order valence-corrected chi connectivity index (χ0v) is 17.8. The van der Waals surface area contributed by atoms with Crippen LogP contribution in [0.3, 0.4) is 0 Å². The first-order valence-electron chi connectivity index (χ1n) is 10.9. The summed E-state index contributed by atoms with van der Waals surface area (Å²) in [6.45, 7) is 4.93. The molecule has 1 N–H and O–H groups in total. The standard InChI is InChI=1S/C22H23F2N7O/c1-12(2)14-4-3-6-31-17(14)8-16(29-31)19-18-15(25-11-26-18)5-7-30(19)21-28-27-20(32-21)13-9-22(23,24)10-13/h3-4,6,8,11-13,19H,5,7,9-10H2,1-2H3,(H,25,26)/t19-/m1/s1. The van der Waals surface area contributed by atoms with Crippen molar-refractivity contribution in [1.82, 2.24) is 29.8 Å². The molecule has 4 aromatic rings. The second kappa shape index (κ2) is 6.85. The molecule has 5 heterocycles. The number of halogens is 2. The molecule has 0 amide bonds. The monoisotopic (exact) mass is 439 g/mol. The molecule has 10 heteroatoms. The Hall–Kier alpha value is -3.30. The Morgan fingerprint density at radius 1 is 1.25 bits per heavy atom. The lowest BCUT2D eigenvalue weighted by atomic mass is 9.81. The van der Waals surface area contributed by atoms with Gasteiger partial charge in [-0.3, -0.25) is 0 Å². The number of nitrogens with one attached hydrogen (secondary N) is 1. The van der Waals surface area contributed by atoms with Crippen molar-refractivity contribution in [3.8, 4) is 0 Å². The molecular formula is C22H23F2N7O. The van der Waals surface area contributed by atoms with E-state index < -0.39 is 5.92 Å². The predicted octanol–water partition coefficient (Wildman–Crippen LogP) is 4.23. The van der Waals surface area contributed by atoms with Gasteiger partial charge in [0.1, 0.15) is 6.04 Å². The van der Waals surface area contributed by atoms with E-state index in [1.54, 1.807) is 6.33 Å². The first-order valence-corrected chi connectivity index (χ1v) is 10.9. The number of imidazole rings is 1. The highest BCUT2D eigenvalue weighted by molar-refractivity contribution is 5.58. The number of aromatic nitrogens is 6.